The fourth-order valence-electron chi connectivity index (χ4n) is 3.26. The third kappa shape index (κ3) is 4.28. The van der Waals surface area contributed by atoms with E-state index in [-0.39, 0.29) is 0 Å². The fourth-order valence-corrected chi connectivity index (χ4v) is 3.26. The minimum absolute atomic E-state index is 0.370. The van der Waals surface area contributed by atoms with Crippen LogP contribution in [0.1, 0.15) is 28.8 Å². The molecule has 2 aliphatic rings. The van der Waals surface area contributed by atoms with E-state index in [1.807, 2.05) is 6.08 Å². The molecule has 27 heavy (non-hydrogen) atoms. The summed E-state index contributed by atoms with van der Waals surface area (Å²) in [6, 6.07) is 2.09. The Morgan fingerprint density at radius 3 is 3.00 bits per heavy atom. The van der Waals surface area contributed by atoms with Crippen LogP contribution in [0.5, 0.6) is 0 Å². The number of carbonyl (C=O) groups excluding carboxylic acids is 2. The topological polar surface area (TPSA) is 98.1 Å². The Bertz CT molecular complexity index is 818. The number of halogens is 2. The van der Waals surface area contributed by atoms with E-state index >= 15 is 0 Å². The zero-order valence-corrected chi connectivity index (χ0v) is 14.5. The lowest BCUT2D eigenvalue weighted by atomic mass is 9.97. The summed E-state index contributed by atoms with van der Waals surface area (Å²) in [6.07, 6.45) is 5.12. The van der Waals surface area contributed by atoms with Crippen LogP contribution >= 0.6 is 0 Å². The molecule has 0 saturated carbocycles. The van der Waals surface area contributed by atoms with Crippen molar-refractivity contribution in [3.8, 4) is 6.07 Å². The van der Waals surface area contributed by atoms with Crippen molar-refractivity contribution in [2.45, 2.75) is 24.8 Å². The second-order valence-electron chi connectivity index (χ2n) is 6.51. The van der Waals surface area contributed by atoms with Crippen LogP contribution in [0.15, 0.2) is 24.5 Å². The van der Waals surface area contributed by atoms with Gasteiger partial charge in [0.25, 0.3) is 11.8 Å². The van der Waals surface area contributed by atoms with Crippen LogP contribution in [0.25, 0.3) is 5.57 Å². The van der Waals surface area contributed by atoms with Crippen LogP contribution in [-0.4, -0.2) is 59.8 Å². The molecule has 0 aliphatic carbocycles. The van der Waals surface area contributed by atoms with Crippen molar-refractivity contribution in [1.29, 1.82) is 5.26 Å². The number of carbonyl (C=O) groups is 2. The van der Waals surface area contributed by atoms with Gasteiger partial charge in [-0.1, -0.05) is 6.08 Å². The summed E-state index contributed by atoms with van der Waals surface area (Å²) in [7, 11) is 0. The van der Waals surface area contributed by atoms with Gasteiger partial charge in [0.1, 0.15) is 6.04 Å². The quantitative estimate of drug-likeness (QED) is 0.817. The smallest absolute Gasteiger partial charge is 0.268 e. The monoisotopic (exact) mass is 375 g/mol. The van der Waals surface area contributed by atoms with Gasteiger partial charge >= 0.3 is 0 Å². The Morgan fingerprint density at radius 2 is 2.30 bits per heavy atom. The van der Waals surface area contributed by atoms with Crippen molar-refractivity contribution in [2.24, 2.45) is 0 Å². The zero-order valence-electron chi connectivity index (χ0n) is 14.5. The van der Waals surface area contributed by atoms with Gasteiger partial charge in [0.05, 0.1) is 19.2 Å². The van der Waals surface area contributed by atoms with Gasteiger partial charge in [-0.15, -0.1) is 0 Å². The van der Waals surface area contributed by atoms with Gasteiger partial charge in [-0.3, -0.25) is 14.6 Å². The summed E-state index contributed by atoms with van der Waals surface area (Å²) in [5, 5.41) is 14.6. The van der Waals surface area contributed by atoms with E-state index in [1.165, 1.54) is 6.20 Å². The molecule has 2 amide bonds. The number of amides is 2. The highest BCUT2D eigenvalue weighted by atomic mass is 19.3. The molecule has 0 bridgehead atoms. The van der Waals surface area contributed by atoms with Gasteiger partial charge in [0, 0.05) is 36.5 Å². The second kappa shape index (κ2) is 7.80. The van der Waals surface area contributed by atoms with E-state index in [2.05, 4.69) is 15.6 Å². The number of nitrogens with zero attached hydrogens (tertiary/aromatic N) is 3. The number of likely N-dealkylation sites (tertiary alicyclic amines) is 1. The van der Waals surface area contributed by atoms with E-state index in [1.54, 1.807) is 18.3 Å². The molecule has 3 heterocycles. The first-order valence-corrected chi connectivity index (χ1v) is 8.60. The molecular formula is C18H19F2N5O2. The van der Waals surface area contributed by atoms with E-state index in [0.717, 1.165) is 23.4 Å². The second-order valence-corrected chi connectivity index (χ2v) is 6.51. The standard InChI is InChI=1S/C18H19F2N5O2/c19-18(20)7-13(8-21)25(11-18)16(26)10-24-17(27)14-3-6-23-9-15(14)12-1-4-22-5-2-12/h1,3,6,9,13,22H,2,4-5,7,10-11H2,(H,24,27). The number of nitriles is 1. The highest BCUT2D eigenvalue weighted by Crippen LogP contribution is 2.31. The van der Waals surface area contributed by atoms with Crippen LogP contribution < -0.4 is 10.6 Å². The van der Waals surface area contributed by atoms with E-state index in [9.17, 15) is 18.4 Å². The summed E-state index contributed by atoms with van der Waals surface area (Å²) >= 11 is 0. The van der Waals surface area contributed by atoms with Crippen molar-refractivity contribution in [2.75, 3.05) is 26.2 Å². The number of nitrogens with one attached hydrogen (secondary N) is 2. The van der Waals surface area contributed by atoms with Crippen molar-refractivity contribution >= 4 is 17.4 Å². The van der Waals surface area contributed by atoms with Gasteiger partial charge in [0.15, 0.2) is 0 Å². The number of rotatable bonds is 4. The van der Waals surface area contributed by atoms with Crippen LogP contribution in [0.3, 0.4) is 0 Å². The number of alkyl halides is 2. The summed E-state index contributed by atoms with van der Waals surface area (Å²) in [4.78, 5) is 29.6. The predicted octanol–water partition coefficient (Wildman–Crippen LogP) is 0.948. The number of aromatic nitrogens is 1. The third-order valence-electron chi connectivity index (χ3n) is 4.61. The summed E-state index contributed by atoms with van der Waals surface area (Å²) < 4.78 is 26.9. The molecular weight excluding hydrogens is 356 g/mol. The largest absolute Gasteiger partial charge is 0.343 e. The summed E-state index contributed by atoms with van der Waals surface area (Å²) in [5.74, 6) is -4.27. The van der Waals surface area contributed by atoms with Gasteiger partial charge in [-0.05, 0) is 24.6 Å². The Kier molecular flexibility index (Phi) is 5.46. The Labute approximate surface area is 155 Å². The first kappa shape index (κ1) is 18.9. The Hall–Kier alpha value is -2.86. The average Bonchev–Trinajstić information content (AvgIpc) is 3.01. The molecule has 1 fully saturated rings. The van der Waals surface area contributed by atoms with Crippen LogP contribution in [0, 0.1) is 11.3 Å². The number of hydrogen-bond donors (Lipinski definition) is 2. The van der Waals surface area contributed by atoms with E-state index in [4.69, 9.17) is 5.26 Å². The number of pyridine rings is 1. The zero-order chi connectivity index (χ0) is 19.4. The van der Waals surface area contributed by atoms with Crippen LogP contribution in [-0.2, 0) is 4.79 Å². The Morgan fingerprint density at radius 1 is 1.48 bits per heavy atom. The minimum atomic E-state index is -3.08. The van der Waals surface area contributed by atoms with Crippen molar-refractivity contribution in [1.82, 2.24) is 20.5 Å². The molecule has 1 aromatic heterocycles. The van der Waals surface area contributed by atoms with Gasteiger partial charge in [0.2, 0.25) is 5.91 Å². The molecule has 2 N–H and O–H groups in total. The summed E-state index contributed by atoms with van der Waals surface area (Å²) in [6.45, 7) is 0.233. The average molecular weight is 375 g/mol. The van der Waals surface area contributed by atoms with Crippen molar-refractivity contribution in [3.63, 3.8) is 0 Å². The van der Waals surface area contributed by atoms with Crippen LogP contribution in [0.2, 0.25) is 0 Å². The highest BCUT2D eigenvalue weighted by Gasteiger charge is 2.47. The molecule has 1 saturated heterocycles. The number of hydrogen-bond acceptors (Lipinski definition) is 5. The fraction of sp³-hybridized carbons (Fsp3) is 0.444. The highest BCUT2D eigenvalue weighted by molar-refractivity contribution is 6.00. The first-order valence-electron chi connectivity index (χ1n) is 8.60. The maximum Gasteiger partial charge on any atom is 0.268 e. The first-order chi connectivity index (χ1) is 12.9. The van der Waals surface area contributed by atoms with Gasteiger partial charge in [-0.2, -0.15) is 5.26 Å². The Balaban J connectivity index is 1.67. The maximum atomic E-state index is 13.5. The molecule has 0 aromatic carbocycles. The molecule has 9 heteroatoms. The molecule has 1 unspecified atom stereocenters. The van der Waals surface area contributed by atoms with Gasteiger partial charge in [-0.25, -0.2) is 8.78 Å². The van der Waals surface area contributed by atoms with E-state index < -0.39 is 43.3 Å². The minimum Gasteiger partial charge on any atom is -0.343 e. The van der Waals surface area contributed by atoms with E-state index in [0.29, 0.717) is 17.7 Å². The van der Waals surface area contributed by atoms with Gasteiger partial charge < -0.3 is 15.5 Å². The molecule has 3 rings (SSSR count). The predicted molar refractivity (Wildman–Crippen MR) is 92.7 cm³/mol. The van der Waals surface area contributed by atoms with Crippen molar-refractivity contribution in [3.05, 3.63) is 35.7 Å². The lowest BCUT2D eigenvalue weighted by Gasteiger charge is -2.20. The van der Waals surface area contributed by atoms with Crippen LogP contribution in [0.4, 0.5) is 8.78 Å². The van der Waals surface area contributed by atoms with Crippen molar-refractivity contribution < 1.29 is 18.4 Å². The lowest BCUT2D eigenvalue weighted by molar-refractivity contribution is -0.131. The summed E-state index contributed by atoms with van der Waals surface area (Å²) in [5.41, 5.74) is 2.04. The molecule has 0 spiro atoms. The molecule has 7 nitrogen and oxygen atoms in total. The lowest BCUT2D eigenvalue weighted by Crippen LogP contribution is -2.43. The third-order valence-corrected chi connectivity index (χ3v) is 4.61. The molecule has 142 valence electrons. The SMILES string of the molecule is N#CC1CC(F)(F)CN1C(=O)CNC(=O)c1ccncc1C1=CCNCC1. The maximum absolute atomic E-state index is 13.5. The molecule has 0 radical (unpaired) electrons. The molecule has 2 aliphatic heterocycles. The molecule has 1 aromatic rings. The normalized spacial score (nSPS) is 21.3. The molecule has 1 atom stereocenters.